The maximum Gasteiger partial charge on any atom is 0.284 e. The van der Waals surface area contributed by atoms with Gasteiger partial charge in [0.15, 0.2) is 11.3 Å². The van der Waals surface area contributed by atoms with Gasteiger partial charge in [0, 0.05) is 54.7 Å². The molecule has 3 aromatic heterocycles. The first-order valence-corrected chi connectivity index (χ1v) is 21.6. The lowest BCUT2D eigenvalue weighted by Crippen LogP contribution is -2.54. The predicted molar refractivity (Wildman–Crippen MR) is 219 cm³/mol. The van der Waals surface area contributed by atoms with Gasteiger partial charge in [0.2, 0.25) is 11.8 Å². The van der Waals surface area contributed by atoms with Crippen molar-refractivity contribution in [1.29, 1.82) is 0 Å². The van der Waals surface area contributed by atoms with Gasteiger partial charge < -0.3 is 20.9 Å². The maximum absolute atomic E-state index is 14.3. The third-order valence-corrected chi connectivity index (χ3v) is 13.5. The van der Waals surface area contributed by atoms with Crippen LogP contribution in [0.5, 0.6) is 0 Å². The Morgan fingerprint density at radius 1 is 0.934 bits per heavy atom. The van der Waals surface area contributed by atoms with Crippen LogP contribution in [0.25, 0.3) is 5.65 Å². The average molecular weight is 840 g/mol. The Hall–Kier alpha value is -5.62. The molecule has 0 radical (unpaired) electrons. The summed E-state index contributed by atoms with van der Waals surface area (Å²) in [6, 6.07) is 6.48. The Labute approximate surface area is 351 Å². The molecule has 5 aliphatic rings. The van der Waals surface area contributed by atoms with E-state index in [1.165, 1.54) is 16.9 Å². The molecule has 2 saturated heterocycles. The number of hydrogen-bond donors (Lipinski definition) is 4. The van der Waals surface area contributed by atoms with E-state index in [2.05, 4.69) is 43.4 Å². The SMILES string of the molecule is CN(C[C@H]1CC[C@H](n2cc(NC(=O)c3cnn4ccc(C5CCNCC5)nc34)c(C(F)F)n2)CC1)[C@H]1CC[C@H](Nc2cccc3c2C(=O)N(C2CCC(=O)NC2=O)C3=O)CC1. The van der Waals surface area contributed by atoms with Crippen LogP contribution in [0.3, 0.4) is 0 Å². The summed E-state index contributed by atoms with van der Waals surface area (Å²) in [6.45, 7) is 2.72. The second kappa shape index (κ2) is 17.0. The van der Waals surface area contributed by atoms with Crippen molar-refractivity contribution in [3.8, 4) is 0 Å². The number of imide groups is 2. The van der Waals surface area contributed by atoms with Crippen molar-refractivity contribution < 1.29 is 32.8 Å². The number of halogens is 2. The van der Waals surface area contributed by atoms with Crippen LogP contribution in [-0.2, 0) is 9.59 Å². The summed E-state index contributed by atoms with van der Waals surface area (Å²) in [5.74, 6) is -1.92. The monoisotopic (exact) mass is 839 g/mol. The highest BCUT2D eigenvalue weighted by molar-refractivity contribution is 6.25. The normalized spacial score (nSPS) is 25.1. The number of nitrogens with one attached hydrogen (secondary N) is 4. The van der Waals surface area contributed by atoms with Crippen molar-refractivity contribution in [2.45, 2.75) is 114 Å². The standard InChI is InChI=1S/C43H51F2N11O5/c1-53(27-11-7-26(8-12-27)48-32-4-2-3-29-36(32)43(61)56(42(29)60)34-13-14-35(57)51-41(34)59)22-24-5-9-28(10-6-24)55-23-33(37(52-55)38(44)45)50-40(58)30-21-47-54-20-17-31(49-39(30)54)25-15-18-46-19-16-25/h2-4,17,20-21,23-28,34,38,46,48H,5-16,18-19,22H2,1H3,(H,50,58)(H,51,57,59)/t24-,26-,27-,28-,34?. The largest absolute Gasteiger partial charge is 0.382 e. The van der Waals surface area contributed by atoms with E-state index in [-0.39, 0.29) is 53.2 Å². The molecular formula is C43H51F2N11O5. The lowest BCUT2D eigenvalue weighted by Gasteiger charge is -2.38. The Bertz CT molecular complexity index is 2340. The molecule has 61 heavy (non-hydrogen) atoms. The van der Waals surface area contributed by atoms with Crippen LogP contribution in [0.15, 0.2) is 42.9 Å². The summed E-state index contributed by atoms with van der Waals surface area (Å²) >= 11 is 0. The molecular weight excluding hydrogens is 789 g/mol. The summed E-state index contributed by atoms with van der Waals surface area (Å²) in [7, 11) is 2.16. The van der Waals surface area contributed by atoms with Crippen molar-refractivity contribution in [3.63, 3.8) is 0 Å². The Morgan fingerprint density at radius 3 is 2.44 bits per heavy atom. The Balaban J connectivity index is 0.767. The first-order chi connectivity index (χ1) is 29.5. The molecule has 2 aliphatic carbocycles. The van der Waals surface area contributed by atoms with Gasteiger partial charge >= 0.3 is 0 Å². The molecule has 0 spiro atoms. The number of carbonyl (C=O) groups is 5. The minimum absolute atomic E-state index is 0.00764. The first kappa shape index (κ1) is 40.8. The van der Waals surface area contributed by atoms with Gasteiger partial charge in [-0.1, -0.05) is 6.07 Å². The third kappa shape index (κ3) is 8.14. The summed E-state index contributed by atoms with van der Waals surface area (Å²) in [4.78, 5) is 72.8. The molecule has 322 valence electrons. The van der Waals surface area contributed by atoms with E-state index in [4.69, 9.17) is 4.98 Å². The van der Waals surface area contributed by atoms with Crippen molar-refractivity contribution in [3.05, 3.63) is 70.9 Å². The Morgan fingerprint density at radius 2 is 1.70 bits per heavy atom. The summed E-state index contributed by atoms with van der Waals surface area (Å²) in [5, 5.41) is 20.4. The number of aromatic nitrogens is 5. The highest BCUT2D eigenvalue weighted by Gasteiger charge is 2.46. The molecule has 0 bridgehead atoms. The van der Waals surface area contributed by atoms with Crippen molar-refractivity contribution in [1.82, 2.24) is 44.8 Å². The molecule has 4 fully saturated rings. The van der Waals surface area contributed by atoms with E-state index in [0.717, 1.165) is 94.4 Å². The van der Waals surface area contributed by atoms with E-state index >= 15 is 0 Å². The fraction of sp³-hybridized carbons (Fsp3) is 0.535. The summed E-state index contributed by atoms with van der Waals surface area (Å²) in [6.07, 6.45) is 11.0. The van der Waals surface area contributed by atoms with E-state index in [1.54, 1.807) is 29.1 Å². The molecule has 4 N–H and O–H groups in total. The summed E-state index contributed by atoms with van der Waals surface area (Å²) in [5.41, 5.74) is 2.15. The van der Waals surface area contributed by atoms with Crippen molar-refractivity contribution >= 4 is 46.6 Å². The number of nitrogens with zero attached hydrogens (tertiary/aromatic N) is 7. The zero-order valence-corrected chi connectivity index (χ0v) is 34.1. The zero-order valence-electron chi connectivity index (χ0n) is 34.1. The highest BCUT2D eigenvalue weighted by Crippen LogP contribution is 2.38. The number of rotatable bonds is 11. The molecule has 2 saturated carbocycles. The fourth-order valence-electron chi connectivity index (χ4n) is 10.1. The van der Waals surface area contributed by atoms with Crippen LogP contribution < -0.4 is 21.3 Å². The molecule has 18 heteroatoms. The van der Waals surface area contributed by atoms with E-state index < -0.39 is 47.7 Å². The average Bonchev–Trinajstić information content (AvgIpc) is 3.96. The molecule has 1 atom stereocenters. The van der Waals surface area contributed by atoms with Crippen molar-refractivity contribution in [2.24, 2.45) is 5.92 Å². The van der Waals surface area contributed by atoms with Crippen LogP contribution in [0, 0.1) is 5.92 Å². The molecule has 1 aromatic carbocycles. The minimum atomic E-state index is -2.86. The van der Waals surface area contributed by atoms with Gasteiger partial charge in [-0.25, -0.2) is 18.3 Å². The highest BCUT2D eigenvalue weighted by atomic mass is 19.3. The lowest BCUT2D eigenvalue weighted by atomic mass is 9.84. The molecule has 3 aliphatic heterocycles. The smallest absolute Gasteiger partial charge is 0.284 e. The van der Waals surface area contributed by atoms with Gasteiger partial charge in [0.1, 0.15) is 11.6 Å². The number of benzene rings is 1. The summed E-state index contributed by atoms with van der Waals surface area (Å²) < 4.78 is 31.7. The Kier molecular flexibility index (Phi) is 11.4. The second-order valence-corrected chi connectivity index (χ2v) is 17.3. The van der Waals surface area contributed by atoms with Crippen LogP contribution in [0.4, 0.5) is 20.2 Å². The number of carbonyl (C=O) groups excluding carboxylic acids is 5. The van der Waals surface area contributed by atoms with E-state index in [9.17, 15) is 32.8 Å². The van der Waals surface area contributed by atoms with Gasteiger partial charge in [-0.05, 0) is 115 Å². The second-order valence-electron chi connectivity index (χ2n) is 17.3. The quantitative estimate of drug-likeness (QED) is 0.148. The third-order valence-electron chi connectivity index (χ3n) is 13.5. The molecule has 16 nitrogen and oxygen atoms in total. The molecule has 5 amide bonds. The number of hydrogen-bond acceptors (Lipinski definition) is 11. The maximum atomic E-state index is 14.3. The van der Waals surface area contributed by atoms with Gasteiger partial charge in [-0.3, -0.25) is 38.9 Å². The minimum Gasteiger partial charge on any atom is -0.382 e. The van der Waals surface area contributed by atoms with Crippen LogP contribution in [0.2, 0.25) is 0 Å². The molecule has 6 heterocycles. The first-order valence-electron chi connectivity index (χ1n) is 21.6. The number of piperidine rings is 2. The number of fused-ring (bicyclic) bond motifs is 2. The lowest BCUT2D eigenvalue weighted by molar-refractivity contribution is -0.136. The molecule has 1 unspecified atom stereocenters. The van der Waals surface area contributed by atoms with Gasteiger partial charge in [-0.2, -0.15) is 10.2 Å². The van der Waals surface area contributed by atoms with Crippen molar-refractivity contribution in [2.75, 3.05) is 37.3 Å². The van der Waals surface area contributed by atoms with Crippen LogP contribution in [-0.4, -0.2) is 109 Å². The number of alkyl halides is 2. The predicted octanol–water partition coefficient (Wildman–Crippen LogP) is 5.07. The fourth-order valence-corrected chi connectivity index (χ4v) is 10.1. The van der Waals surface area contributed by atoms with Gasteiger partial charge in [-0.15, -0.1) is 0 Å². The van der Waals surface area contributed by atoms with E-state index in [1.807, 2.05) is 6.07 Å². The molecule has 4 aromatic rings. The van der Waals surface area contributed by atoms with Gasteiger partial charge in [0.25, 0.3) is 24.1 Å². The van der Waals surface area contributed by atoms with Crippen LogP contribution >= 0.6 is 0 Å². The molecule has 9 rings (SSSR count). The zero-order chi connectivity index (χ0) is 42.4. The van der Waals surface area contributed by atoms with Gasteiger partial charge in [0.05, 0.1) is 29.1 Å². The number of amides is 5. The van der Waals surface area contributed by atoms with Crippen LogP contribution in [0.1, 0.15) is 138 Å². The van der Waals surface area contributed by atoms with E-state index in [0.29, 0.717) is 23.3 Å². The number of anilines is 2. The topological polar surface area (TPSA) is 188 Å².